The van der Waals surface area contributed by atoms with E-state index in [4.69, 9.17) is 0 Å². The van der Waals surface area contributed by atoms with Crippen LogP contribution in [0.1, 0.15) is 32.0 Å². The lowest BCUT2D eigenvalue weighted by molar-refractivity contribution is -0.128. The molecule has 5 nitrogen and oxygen atoms in total. The Morgan fingerprint density at radius 2 is 2.00 bits per heavy atom. The van der Waals surface area contributed by atoms with Crippen LogP contribution in [0.2, 0.25) is 0 Å². The lowest BCUT2D eigenvalue weighted by Gasteiger charge is -2.18. The summed E-state index contributed by atoms with van der Waals surface area (Å²) in [7, 11) is 1.74. The van der Waals surface area contributed by atoms with Crippen molar-refractivity contribution in [3.63, 3.8) is 0 Å². The molecule has 0 spiro atoms. The van der Waals surface area contributed by atoms with Crippen molar-refractivity contribution in [3.05, 3.63) is 27.5 Å². The molecule has 18 heavy (non-hydrogen) atoms. The zero-order valence-corrected chi connectivity index (χ0v) is 11.6. The highest BCUT2D eigenvalue weighted by Gasteiger charge is 2.21. The number of hydrogen-bond acceptors (Lipinski definition) is 3. The maximum Gasteiger partial charge on any atom is 0.225 e. The summed E-state index contributed by atoms with van der Waals surface area (Å²) in [4.78, 5) is 26.7. The Bertz CT molecular complexity index is 498. The van der Waals surface area contributed by atoms with E-state index in [1.165, 1.54) is 6.07 Å². The average Bonchev–Trinajstić information content (AvgIpc) is 2.25. The van der Waals surface area contributed by atoms with Gasteiger partial charge in [0.25, 0.3) is 0 Å². The summed E-state index contributed by atoms with van der Waals surface area (Å²) >= 11 is 0. The highest BCUT2D eigenvalue weighted by atomic mass is 16.2. The summed E-state index contributed by atoms with van der Waals surface area (Å²) in [5.74, 6) is 0.568. The number of carbonyl (C=O) groups excluding carboxylic acids is 1. The third-order valence-corrected chi connectivity index (χ3v) is 2.63. The fourth-order valence-corrected chi connectivity index (χ4v) is 1.54. The number of aromatic nitrogens is 1. The number of nitrogens with one attached hydrogen (secondary N) is 3. The number of aromatic amines is 1. The molecule has 0 saturated heterocycles. The molecule has 1 heterocycles. The molecule has 0 aliphatic carbocycles. The van der Waals surface area contributed by atoms with E-state index >= 15 is 0 Å². The first-order valence-electron chi connectivity index (χ1n) is 5.94. The first-order chi connectivity index (χ1) is 8.25. The number of H-pyrrole nitrogens is 1. The number of amides is 1. The quantitative estimate of drug-likeness (QED) is 0.760. The number of carbonyl (C=O) groups is 1. The van der Waals surface area contributed by atoms with Gasteiger partial charge in [0.05, 0.1) is 12.1 Å². The van der Waals surface area contributed by atoms with Crippen LogP contribution in [0, 0.1) is 12.3 Å². The van der Waals surface area contributed by atoms with E-state index in [1.54, 1.807) is 7.05 Å². The Kier molecular flexibility index (Phi) is 4.16. The zero-order chi connectivity index (χ0) is 13.9. The minimum atomic E-state index is -0.461. The van der Waals surface area contributed by atoms with Crippen LogP contribution in [0.3, 0.4) is 0 Å². The smallest absolute Gasteiger partial charge is 0.225 e. The fraction of sp³-hybridized carbons (Fsp3) is 0.538. The predicted octanol–water partition coefficient (Wildman–Crippen LogP) is 1.39. The van der Waals surface area contributed by atoms with Crippen LogP contribution in [-0.2, 0) is 11.3 Å². The SMILES string of the molecule is CNc1[nH]c(C)cc(=O)c1CNC(=O)C(C)(C)C. The normalized spacial score (nSPS) is 11.2. The van der Waals surface area contributed by atoms with E-state index in [9.17, 15) is 9.59 Å². The summed E-state index contributed by atoms with van der Waals surface area (Å²) < 4.78 is 0. The molecule has 0 aliphatic heterocycles. The van der Waals surface area contributed by atoms with E-state index in [0.29, 0.717) is 11.4 Å². The first kappa shape index (κ1) is 14.3. The molecule has 5 heteroatoms. The molecule has 3 N–H and O–H groups in total. The Morgan fingerprint density at radius 3 is 2.50 bits per heavy atom. The van der Waals surface area contributed by atoms with Gasteiger partial charge < -0.3 is 15.6 Å². The molecule has 0 aliphatic rings. The highest BCUT2D eigenvalue weighted by Crippen LogP contribution is 2.14. The maximum absolute atomic E-state index is 11.9. The van der Waals surface area contributed by atoms with Gasteiger partial charge >= 0.3 is 0 Å². The van der Waals surface area contributed by atoms with Crippen molar-refractivity contribution in [3.8, 4) is 0 Å². The number of pyridine rings is 1. The second-order valence-electron chi connectivity index (χ2n) is 5.35. The molecular formula is C13H21N3O2. The van der Waals surface area contributed by atoms with E-state index in [2.05, 4.69) is 15.6 Å². The van der Waals surface area contributed by atoms with Gasteiger partial charge in [-0.3, -0.25) is 9.59 Å². The number of rotatable bonds is 3. The van der Waals surface area contributed by atoms with Gasteiger partial charge in [-0.05, 0) is 6.92 Å². The average molecular weight is 251 g/mol. The van der Waals surface area contributed by atoms with Gasteiger partial charge in [0.2, 0.25) is 5.91 Å². The van der Waals surface area contributed by atoms with Crippen LogP contribution < -0.4 is 16.1 Å². The van der Waals surface area contributed by atoms with E-state index in [0.717, 1.165) is 5.69 Å². The molecule has 0 atom stereocenters. The van der Waals surface area contributed by atoms with Crippen LogP contribution in [0.5, 0.6) is 0 Å². The standard InChI is InChI=1S/C13H21N3O2/c1-8-6-10(17)9(11(14-5)16-8)7-15-12(18)13(2,3)4/h6H,7H2,1-5H3,(H,15,18)(H2,14,16,17). The minimum absolute atomic E-state index is 0.0789. The van der Waals surface area contributed by atoms with E-state index in [1.807, 2.05) is 27.7 Å². The Morgan fingerprint density at radius 1 is 1.39 bits per heavy atom. The zero-order valence-electron chi connectivity index (χ0n) is 11.6. The molecule has 0 fully saturated rings. The molecule has 0 unspecified atom stereocenters. The molecule has 100 valence electrons. The lowest BCUT2D eigenvalue weighted by Crippen LogP contribution is -2.35. The van der Waals surface area contributed by atoms with Crippen molar-refractivity contribution in [2.45, 2.75) is 34.2 Å². The van der Waals surface area contributed by atoms with Crippen LogP contribution in [0.4, 0.5) is 5.82 Å². The largest absolute Gasteiger partial charge is 0.374 e. The third-order valence-electron chi connectivity index (χ3n) is 2.63. The van der Waals surface area contributed by atoms with Crippen LogP contribution in [0.15, 0.2) is 10.9 Å². The predicted molar refractivity (Wildman–Crippen MR) is 72.6 cm³/mol. The summed E-state index contributed by atoms with van der Waals surface area (Å²) in [6.45, 7) is 7.55. The molecule has 0 saturated carbocycles. The second kappa shape index (κ2) is 5.25. The van der Waals surface area contributed by atoms with Crippen molar-refractivity contribution < 1.29 is 4.79 Å². The summed E-state index contributed by atoms with van der Waals surface area (Å²) in [6.07, 6.45) is 0. The number of hydrogen-bond donors (Lipinski definition) is 3. The monoisotopic (exact) mass is 251 g/mol. The van der Waals surface area contributed by atoms with Gasteiger partial charge in [-0.25, -0.2) is 0 Å². The molecule has 0 radical (unpaired) electrons. The molecule has 1 aromatic rings. The van der Waals surface area contributed by atoms with Crippen LogP contribution >= 0.6 is 0 Å². The summed E-state index contributed by atoms with van der Waals surface area (Å²) in [6, 6.07) is 1.53. The Hall–Kier alpha value is -1.78. The molecule has 0 bridgehead atoms. The number of anilines is 1. The van der Waals surface area contributed by atoms with Crippen molar-refractivity contribution >= 4 is 11.7 Å². The molecule has 1 amide bonds. The van der Waals surface area contributed by atoms with Gasteiger partial charge in [-0.15, -0.1) is 0 Å². The van der Waals surface area contributed by atoms with Crippen molar-refractivity contribution in [1.82, 2.24) is 10.3 Å². The first-order valence-corrected chi connectivity index (χ1v) is 5.94. The second-order valence-corrected chi connectivity index (χ2v) is 5.35. The van der Waals surface area contributed by atoms with Gasteiger partial charge in [-0.1, -0.05) is 20.8 Å². The van der Waals surface area contributed by atoms with E-state index in [-0.39, 0.29) is 17.9 Å². The van der Waals surface area contributed by atoms with Crippen LogP contribution in [0.25, 0.3) is 0 Å². The third kappa shape index (κ3) is 3.35. The number of aryl methyl sites for hydroxylation is 1. The maximum atomic E-state index is 11.9. The van der Waals surface area contributed by atoms with Gasteiger partial charge in [0.1, 0.15) is 5.82 Å². The fourth-order valence-electron chi connectivity index (χ4n) is 1.54. The van der Waals surface area contributed by atoms with Crippen molar-refractivity contribution in [1.29, 1.82) is 0 Å². The Balaban J connectivity index is 2.92. The minimum Gasteiger partial charge on any atom is -0.374 e. The van der Waals surface area contributed by atoms with Crippen molar-refractivity contribution in [2.75, 3.05) is 12.4 Å². The summed E-state index contributed by atoms with van der Waals surface area (Å²) in [5.41, 5.74) is 0.790. The summed E-state index contributed by atoms with van der Waals surface area (Å²) in [5, 5.41) is 5.71. The van der Waals surface area contributed by atoms with E-state index < -0.39 is 5.41 Å². The topological polar surface area (TPSA) is 74.0 Å². The molecule has 1 rings (SSSR count). The molecular weight excluding hydrogens is 230 g/mol. The van der Waals surface area contributed by atoms with Gasteiger partial charge in [0, 0.05) is 24.2 Å². The van der Waals surface area contributed by atoms with Crippen LogP contribution in [-0.4, -0.2) is 17.9 Å². The molecule has 0 aromatic carbocycles. The van der Waals surface area contributed by atoms with Gasteiger partial charge in [0.15, 0.2) is 5.43 Å². The Labute approximate surface area is 107 Å². The molecule has 1 aromatic heterocycles. The highest BCUT2D eigenvalue weighted by molar-refractivity contribution is 5.81. The van der Waals surface area contributed by atoms with Crippen molar-refractivity contribution in [2.24, 2.45) is 5.41 Å². The van der Waals surface area contributed by atoms with Gasteiger partial charge in [-0.2, -0.15) is 0 Å². The lowest BCUT2D eigenvalue weighted by atomic mass is 9.95.